The van der Waals surface area contributed by atoms with Gasteiger partial charge >= 0.3 is 0 Å². The molecule has 0 aliphatic carbocycles. The Balaban J connectivity index is 1.87. The van der Waals surface area contributed by atoms with Crippen molar-refractivity contribution < 1.29 is 22.0 Å². The normalized spacial score (nSPS) is 11.5. The van der Waals surface area contributed by atoms with E-state index in [2.05, 4.69) is 21.2 Å². The number of amides is 1. The summed E-state index contributed by atoms with van der Waals surface area (Å²) >= 11 is 3.10. The number of halogens is 3. The number of rotatable bonds is 6. The number of carbonyl (C=O) groups is 1. The van der Waals surface area contributed by atoms with Gasteiger partial charge in [-0.3, -0.25) is 4.79 Å². The number of hydrogen-bond donors (Lipinski definition) is 1. The summed E-state index contributed by atoms with van der Waals surface area (Å²) in [5.74, 6) is -2.60. The van der Waals surface area contributed by atoms with E-state index in [4.69, 9.17) is 0 Å². The minimum absolute atomic E-state index is 0.103. The standard InChI is InChI=1S/C21H17BrF2N2O3S/c1-26(13-14-5-3-2-4-6-14)30(28,29)16-8-9-18(23)17(12-16)21(27)25-20-10-7-15(22)11-19(20)24/h2-12H,13H2,1H3,(H,25,27). The Morgan fingerprint density at radius 1 is 1.00 bits per heavy atom. The van der Waals surface area contributed by atoms with Crippen molar-refractivity contribution in [3.63, 3.8) is 0 Å². The molecule has 9 heteroatoms. The zero-order chi connectivity index (χ0) is 21.9. The molecule has 0 fully saturated rings. The Hall–Kier alpha value is -2.62. The van der Waals surface area contributed by atoms with Gasteiger partial charge in [0.2, 0.25) is 10.0 Å². The maximum atomic E-state index is 14.3. The molecule has 0 atom stereocenters. The fourth-order valence-electron chi connectivity index (χ4n) is 2.72. The highest BCUT2D eigenvalue weighted by Crippen LogP contribution is 2.23. The Labute approximate surface area is 181 Å². The van der Waals surface area contributed by atoms with E-state index < -0.39 is 33.1 Å². The SMILES string of the molecule is CN(Cc1ccccc1)S(=O)(=O)c1ccc(F)c(C(=O)Nc2ccc(Br)cc2F)c1. The molecule has 0 aliphatic rings. The van der Waals surface area contributed by atoms with Crippen molar-refractivity contribution in [2.45, 2.75) is 11.4 Å². The van der Waals surface area contributed by atoms with E-state index in [0.29, 0.717) is 4.47 Å². The van der Waals surface area contributed by atoms with Crippen LogP contribution in [0.2, 0.25) is 0 Å². The van der Waals surface area contributed by atoms with Gasteiger partial charge in [0.15, 0.2) is 0 Å². The van der Waals surface area contributed by atoms with Crippen molar-refractivity contribution in [1.29, 1.82) is 0 Å². The summed E-state index contributed by atoms with van der Waals surface area (Å²) < 4.78 is 55.6. The fraction of sp³-hybridized carbons (Fsp3) is 0.0952. The molecule has 0 aliphatic heterocycles. The first-order valence-electron chi connectivity index (χ1n) is 8.74. The second-order valence-electron chi connectivity index (χ2n) is 6.47. The largest absolute Gasteiger partial charge is 0.319 e. The van der Waals surface area contributed by atoms with Crippen molar-refractivity contribution >= 4 is 37.5 Å². The minimum atomic E-state index is -3.99. The van der Waals surface area contributed by atoms with Gasteiger partial charge < -0.3 is 5.32 Å². The third-order valence-corrected chi connectivity index (χ3v) is 6.61. The lowest BCUT2D eigenvalue weighted by molar-refractivity contribution is 0.102. The van der Waals surface area contributed by atoms with Crippen LogP contribution in [0.4, 0.5) is 14.5 Å². The zero-order valence-corrected chi connectivity index (χ0v) is 18.2. The van der Waals surface area contributed by atoms with E-state index in [0.717, 1.165) is 34.1 Å². The second kappa shape index (κ2) is 9.03. The molecular weight excluding hydrogens is 478 g/mol. The van der Waals surface area contributed by atoms with Crippen LogP contribution in [0.15, 0.2) is 76.1 Å². The van der Waals surface area contributed by atoms with Gasteiger partial charge in [-0.2, -0.15) is 4.31 Å². The van der Waals surface area contributed by atoms with Crippen LogP contribution < -0.4 is 5.32 Å². The highest BCUT2D eigenvalue weighted by atomic mass is 79.9. The molecule has 30 heavy (non-hydrogen) atoms. The van der Waals surface area contributed by atoms with Crippen molar-refractivity contribution in [2.24, 2.45) is 0 Å². The van der Waals surface area contributed by atoms with Crippen LogP contribution >= 0.6 is 15.9 Å². The molecule has 0 heterocycles. The first-order valence-corrected chi connectivity index (χ1v) is 11.0. The van der Waals surface area contributed by atoms with Crippen LogP contribution in [-0.4, -0.2) is 25.7 Å². The molecule has 0 aromatic heterocycles. The summed E-state index contributed by atoms with van der Waals surface area (Å²) in [7, 11) is -2.60. The summed E-state index contributed by atoms with van der Waals surface area (Å²) in [6, 6.07) is 15.8. The van der Waals surface area contributed by atoms with Gasteiger partial charge in [0.25, 0.3) is 5.91 Å². The van der Waals surface area contributed by atoms with Crippen molar-refractivity contribution in [3.8, 4) is 0 Å². The fourth-order valence-corrected chi connectivity index (χ4v) is 4.24. The van der Waals surface area contributed by atoms with E-state index in [1.165, 1.54) is 19.2 Å². The highest BCUT2D eigenvalue weighted by molar-refractivity contribution is 9.10. The number of benzene rings is 3. The molecular formula is C21H17BrF2N2O3S. The molecule has 0 spiro atoms. The van der Waals surface area contributed by atoms with Gasteiger partial charge in [-0.25, -0.2) is 17.2 Å². The summed E-state index contributed by atoms with van der Waals surface area (Å²) in [4.78, 5) is 12.2. The van der Waals surface area contributed by atoms with Gasteiger partial charge in [-0.05, 0) is 42.0 Å². The van der Waals surface area contributed by atoms with E-state index >= 15 is 0 Å². The number of hydrogen-bond acceptors (Lipinski definition) is 3. The van der Waals surface area contributed by atoms with Crippen LogP contribution in [-0.2, 0) is 16.6 Å². The number of nitrogens with zero attached hydrogens (tertiary/aromatic N) is 1. The number of anilines is 1. The van der Waals surface area contributed by atoms with Crippen LogP contribution in [0.5, 0.6) is 0 Å². The molecule has 156 valence electrons. The van der Waals surface area contributed by atoms with E-state index in [1.807, 2.05) is 6.07 Å². The maximum absolute atomic E-state index is 14.3. The van der Waals surface area contributed by atoms with Crippen molar-refractivity contribution in [2.75, 3.05) is 12.4 Å². The van der Waals surface area contributed by atoms with Crippen LogP contribution in [0, 0.1) is 11.6 Å². The summed E-state index contributed by atoms with van der Waals surface area (Å²) in [6.07, 6.45) is 0. The minimum Gasteiger partial charge on any atom is -0.319 e. The van der Waals surface area contributed by atoms with Gasteiger partial charge in [0.05, 0.1) is 16.1 Å². The van der Waals surface area contributed by atoms with E-state index in [1.54, 1.807) is 24.3 Å². The lowest BCUT2D eigenvalue weighted by Crippen LogP contribution is -2.27. The smallest absolute Gasteiger partial charge is 0.258 e. The van der Waals surface area contributed by atoms with Crippen molar-refractivity contribution in [1.82, 2.24) is 4.31 Å². The monoisotopic (exact) mass is 494 g/mol. The predicted molar refractivity (Wildman–Crippen MR) is 114 cm³/mol. The van der Waals surface area contributed by atoms with E-state index in [9.17, 15) is 22.0 Å². The van der Waals surface area contributed by atoms with Gasteiger partial charge in [-0.1, -0.05) is 46.3 Å². The Kier molecular flexibility index (Phi) is 6.64. The first kappa shape index (κ1) is 22.1. The van der Waals surface area contributed by atoms with E-state index in [-0.39, 0.29) is 17.1 Å². The maximum Gasteiger partial charge on any atom is 0.258 e. The average Bonchev–Trinajstić information content (AvgIpc) is 2.71. The summed E-state index contributed by atoms with van der Waals surface area (Å²) in [5.41, 5.74) is 0.109. The number of sulfonamides is 1. The molecule has 1 amide bonds. The highest BCUT2D eigenvalue weighted by Gasteiger charge is 2.24. The summed E-state index contributed by atoms with van der Waals surface area (Å²) in [6.45, 7) is 0.103. The molecule has 0 bridgehead atoms. The lowest BCUT2D eigenvalue weighted by atomic mass is 10.2. The summed E-state index contributed by atoms with van der Waals surface area (Å²) in [5, 5.41) is 2.26. The topological polar surface area (TPSA) is 66.5 Å². The number of carbonyl (C=O) groups excluding carboxylic acids is 1. The molecule has 5 nitrogen and oxygen atoms in total. The predicted octanol–water partition coefficient (Wildman–Crippen LogP) is 4.80. The second-order valence-corrected chi connectivity index (χ2v) is 9.43. The molecule has 0 saturated heterocycles. The Morgan fingerprint density at radius 2 is 1.70 bits per heavy atom. The Morgan fingerprint density at radius 3 is 2.37 bits per heavy atom. The first-order chi connectivity index (χ1) is 14.2. The van der Waals surface area contributed by atoms with Gasteiger partial charge in [0, 0.05) is 18.1 Å². The molecule has 3 rings (SSSR count). The molecule has 1 N–H and O–H groups in total. The number of nitrogens with one attached hydrogen (secondary N) is 1. The zero-order valence-electron chi connectivity index (χ0n) is 15.8. The molecule has 3 aromatic carbocycles. The molecule has 0 radical (unpaired) electrons. The quantitative estimate of drug-likeness (QED) is 0.535. The van der Waals surface area contributed by atoms with Gasteiger partial charge in [0.1, 0.15) is 11.6 Å². The van der Waals surface area contributed by atoms with Gasteiger partial charge in [-0.15, -0.1) is 0 Å². The molecule has 0 unspecified atom stereocenters. The van der Waals surface area contributed by atoms with Crippen LogP contribution in [0.1, 0.15) is 15.9 Å². The molecule has 0 saturated carbocycles. The third kappa shape index (κ3) is 4.92. The third-order valence-electron chi connectivity index (χ3n) is 4.32. The van der Waals surface area contributed by atoms with Crippen LogP contribution in [0.3, 0.4) is 0 Å². The Bertz CT molecular complexity index is 1190. The van der Waals surface area contributed by atoms with Crippen LogP contribution in [0.25, 0.3) is 0 Å². The molecule has 3 aromatic rings. The van der Waals surface area contributed by atoms with Crippen molar-refractivity contribution in [3.05, 3.63) is 94.0 Å². The average molecular weight is 495 g/mol. The lowest BCUT2D eigenvalue weighted by Gasteiger charge is -2.18.